The highest BCUT2D eigenvalue weighted by atomic mass is 19.1. The lowest BCUT2D eigenvalue weighted by Crippen LogP contribution is -2.58. The number of hydrogen-bond acceptors (Lipinski definition) is 14. The van der Waals surface area contributed by atoms with Gasteiger partial charge < -0.3 is 61.1 Å². The van der Waals surface area contributed by atoms with E-state index in [1.807, 2.05) is 30.3 Å². The van der Waals surface area contributed by atoms with Gasteiger partial charge in [0.25, 0.3) is 11.8 Å². The van der Waals surface area contributed by atoms with Gasteiger partial charge in [-0.25, -0.2) is 18.4 Å². The van der Waals surface area contributed by atoms with Crippen LogP contribution in [0.25, 0.3) is 11.1 Å². The van der Waals surface area contributed by atoms with Gasteiger partial charge in [-0.3, -0.25) is 47.9 Å². The average molecular weight is 1190 g/mol. The number of halogens is 2. The van der Waals surface area contributed by atoms with Gasteiger partial charge in [-0.15, -0.1) is 5.06 Å². The Balaban J connectivity index is 1.61. The molecule has 85 heavy (non-hydrogen) atoms. The van der Waals surface area contributed by atoms with Crippen molar-refractivity contribution in [1.29, 1.82) is 0 Å². The lowest BCUT2D eigenvalue weighted by molar-refractivity contribution is -0.197. The molecule has 464 valence electrons. The van der Waals surface area contributed by atoms with Crippen molar-refractivity contribution < 1.29 is 86.5 Å². The van der Waals surface area contributed by atoms with Crippen LogP contribution < -0.4 is 26.6 Å². The summed E-state index contributed by atoms with van der Waals surface area (Å²) in [6, 6.07) is 5.70. The number of nitrogens with zero attached hydrogens (tertiary/aromatic N) is 4. The summed E-state index contributed by atoms with van der Waals surface area (Å²) in [6.07, 6.45) is -1.18. The summed E-state index contributed by atoms with van der Waals surface area (Å²) in [5, 5.41) is 42.1. The zero-order valence-corrected chi connectivity index (χ0v) is 48.9. The van der Waals surface area contributed by atoms with E-state index in [0.29, 0.717) is 10.8 Å². The molecule has 1 aliphatic heterocycles. The zero-order valence-electron chi connectivity index (χ0n) is 48.9. The summed E-state index contributed by atoms with van der Waals surface area (Å²) >= 11 is 0. The maximum absolute atomic E-state index is 15.5. The Morgan fingerprint density at radius 3 is 1.98 bits per heavy atom. The number of carbonyl (C=O) groups is 12. The second kappa shape index (κ2) is 31.9. The average Bonchev–Trinajstić information content (AvgIpc) is 2.39. The van der Waals surface area contributed by atoms with Crippen molar-refractivity contribution in [2.75, 3.05) is 26.7 Å². The standard InChI is InChI=1S/C58H77F2N9O16/c1-33(2)27-43(65-53(79)35(4)66(8)56(82)34(3)62-45(71)15-12-16-51(78)85-69-47(73)20-21-48(69)74)55(81)64-41(54(80)61-25-23-46(72)63-42(57(83)84)19-22-50(76)77)24-26-68(49(75)32-70)52(58(5,6)7)44-28-37(39-29-38(59)17-18-40(39)60)31-67(44)30-36-13-10-9-11-14-36/h9-11,13-14,17-18,28-29,31,33-35,41-43,52,70H,12,15-16,19-27,30,32H2,1-8H3,(H,61,80)(H,62,71)(H,63,72)(H,64,81)(H,65,79)(H,76,77)(H,83,84)/t34-,35-,41-,42+,43-,52-/m0/s1. The fourth-order valence-electron chi connectivity index (χ4n) is 9.37. The minimum atomic E-state index is -1.58. The van der Waals surface area contributed by atoms with Gasteiger partial charge in [0.15, 0.2) is 0 Å². The number of benzene rings is 2. The molecular formula is C58H77F2N9O16. The predicted molar refractivity (Wildman–Crippen MR) is 299 cm³/mol. The van der Waals surface area contributed by atoms with E-state index in [1.54, 1.807) is 51.4 Å². The number of aliphatic hydroxyl groups is 1. The first kappa shape index (κ1) is 68.9. The van der Waals surface area contributed by atoms with Gasteiger partial charge in [0, 0.05) is 88.2 Å². The molecule has 0 aliphatic carbocycles. The molecule has 27 heteroatoms. The number of imide groups is 1. The van der Waals surface area contributed by atoms with Crippen LogP contribution in [0.2, 0.25) is 0 Å². The van der Waals surface area contributed by atoms with Crippen molar-refractivity contribution in [2.45, 2.75) is 155 Å². The van der Waals surface area contributed by atoms with Crippen molar-refractivity contribution in [3.8, 4) is 11.1 Å². The second-order valence-corrected chi connectivity index (χ2v) is 22.2. The molecule has 2 heterocycles. The third-order valence-electron chi connectivity index (χ3n) is 13.8. The number of rotatable bonds is 32. The Bertz CT molecular complexity index is 2910. The number of amides is 9. The van der Waals surface area contributed by atoms with Crippen LogP contribution in [0.1, 0.15) is 130 Å². The fourth-order valence-corrected chi connectivity index (χ4v) is 9.37. The molecule has 0 spiro atoms. The van der Waals surface area contributed by atoms with Gasteiger partial charge >= 0.3 is 17.9 Å². The highest BCUT2D eigenvalue weighted by molar-refractivity contribution is 6.01. The Morgan fingerprint density at radius 1 is 0.741 bits per heavy atom. The first-order valence-electron chi connectivity index (χ1n) is 27.8. The summed E-state index contributed by atoms with van der Waals surface area (Å²) in [6.45, 7) is 9.92. The van der Waals surface area contributed by atoms with Crippen LogP contribution in [0.3, 0.4) is 0 Å². The highest BCUT2D eigenvalue weighted by Gasteiger charge is 2.39. The third kappa shape index (κ3) is 20.9. The quantitative estimate of drug-likeness (QED) is 0.0417. The maximum Gasteiger partial charge on any atom is 0.333 e. The van der Waals surface area contributed by atoms with E-state index in [1.165, 1.54) is 25.8 Å². The van der Waals surface area contributed by atoms with E-state index >= 15 is 4.39 Å². The van der Waals surface area contributed by atoms with Crippen molar-refractivity contribution >= 4 is 71.1 Å². The van der Waals surface area contributed by atoms with Crippen LogP contribution in [0, 0.1) is 23.0 Å². The number of nitrogens with one attached hydrogen (secondary N) is 5. The molecule has 1 saturated heterocycles. The van der Waals surface area contributed by atoms with E-state index in [0.717, 1.165) is 28.7 Å². The Hall–Kier alpha value is -8.62. The smallest absolute Gasteiger partial charge is 0.333 e. The summed E-state index contributed by atoms with van der Waals surface area (Å²) in [7, 11) is 1.28. The number of carbonyl (C=O) groups excluding carboxylic acids is 10. The second-order valence-electron chi connectivity index (χ2n) is 22.2. The van der Waals surface area contributed by atoms with Gasteiger partial charge in [-0.2, -0.15) is 0 Å². The highest BCUT2D eigenvalue weighted by Crippen LogP contribution is 2.41. The molecule has 4 rings (SSSR count). The molecular weight excluding hydrogens is 1120 g/mol. The Kier molecular flexibility index (Phi) is 25.8. The molecule has 25 nitrogen and oxygen atoms in total. The maximum atomic E-state index is 15.5. The van der Waals surface area contributed by atoms with Crippen LogP contribution in [0.5, 0.6) is 0 Å². The summed E-state index contributed by atoms with van der Waals surface area (Å²) in [4.78, 5) is 162. The van der Waals surface area contributed by atoms with Crippen LogP contribution in [-0.4, -0.2) is 163 Å². The van der Waals surface area contributed by atoms with E-state index < -0.39 is 163 Å². The number of aliphatic carboxylic acids is 2. The van der Waals surface area contributed by atoms with Crippen LogP contribution >= 0.6 is 0 Å². The zero-order chi connectivity index (χ0) is 63.5. The lowest BCUT2D eigenvalue weighted by atomic mass is 9.82. The van der Waals surface area contributed by atoms with E-state index in [2.05, 4.69) is 26.6 Å². The molecule has 0 bridgehead atoms. The van der Waals surface area contributed by atoms with Crippen LogP contribution in [-0.2, 0) is 68.9 Å². The number of carboxylic acids is 2. The van der Waals surface area contributed by atoms with Crippen LogP contribution in [0.15, 0.2) is 60.8 Å². The predicted octanol–water partition coefficient (Wildman–Crippen LogP) is 2.87. The lowest BCUT2D eigenvalue weighted by Gasteiger charge is -2.41. The van der Waals surface area contributed by atoms with Gasteiger partial charge in [0.05, 0.1) is 6.04 Å². The van der Waals surface area contributed by atoms with Crippen molar-refractivity contribution in [1.82, 2.24) is 46.0 Å². The summed E-state index contributed by atoms with van der Waals surface area (Å²) in [5.41, 5.74) is 0.477. The Morgan fingerprint density at radius 2 is 1.38 bits per heavy atom. The molecule has 0 radical (unpaired) electrons. The number of carboxylic acid groups (broad SMARTS) is 2. The minimum absolute atomic E-state index is 0.0262. The number of hydrogen-bond donors (Lipinski definition) is 8. The molecule has 6 atom stereocenters. The van der Waals surface area contributed by atoms with E-state index in [4.69, 9.17) is 9.94 Å². The monoisotopic (exact) mass is 1190 g/mol. The number of hydroxylamine groups is 2. The van der Waals surface area contributed by atoms with Gasteiger partial charge in [-0.1, -0.05) is 65.0 Å². The van der Waals surface area contributed by atoms with Gasteiger partial charge in [0.1, 0.15) is 48.5 Å². The fraction of sp³-hybridized carbons (Fsp3) is 0.517. The summed E-state index contributed by atoms with van der Waals surface area (Å²) in [5.74, 6) is -12.5. The van der Waals surface area contributed by atoms with E-state index in [9.17, 15) is 72.1 Å². The molecule has 2 aromatic carbocycles. The summed E-state index contributed by atoms with van der Waals surface area (Å²) < 4.78 is 31.9. The SMILES string of the molecule is CC(C)C[C@H](NC(=O)[C@H](C)N(C)C(=O)[C@H](C)NC(=O)CCCC(=O)ON1C(=O)CCC1=O)C(=O)N[C@@H](CCN(C(=O)CO)[C@@H](c1cc(-c2cc(F)ccc2F)cn1Cc1ccccc1)C(C)(C)C)C(=O)NCCC(=O)N[C@H](CCC(=O)O)C(=O)O. The van der Waals surface area contributed by atoms with Crippen molar-refractivity contribution in [3.63, 3.8) is 0 Å². The molecule has 1 fully saturated rings. The number of aromatic nitrogens is 1. The third-order valence-corrected chi connectivity index (χ3v) is 13.8. The number of aliphatic hydroxyl groups excluding tert-OH is 1. The van der Waals surface area contributed by atoms with Crippen LogP contribution in [0.4, 0.5) is 8.78 Å². The molecule has 1 aliphatic rings. The van der Waals surface area contributed by atoms with Gasteiger partial charge in [0.2, 0.25) is 41.4 Å². The minimum Gasteiger partial charge on any atom is -0.481 e. The van der Waals surface area contributed by atoms with Gasteiger partial charge in [-0.05, 0) is 80.7 Å². The topological polar surface area (TPSA) is 350 Å². The van der Waals surface area contributed by atoms with E-state index in [-0.39, 0.29) is 68.7 Å². The molecule has 8 N–H and O–H groups in total. The first-order valence-corrected chi connectivity index (χ1v) is 27.8. The van der Waals surface area contributed by atoms with Crippen molar-refractivity contribution in [2.24, 2.45) is 11.3 Å². The largest absolute Gasteiger partial charge is 0.481 e. The Labute approximate surface area is 490 Å². The normalized spacial score (nSPS) is 14.5. The molecule has 0 saturated carbocycles. The van der Waals surface area contributed by atoms with Crippen molar-refractivity contribution in [3.05, 3.63) is 83.7 Å². The first-order chi connectivity index (χ1) is 39.9. The molecule has 9 amide bonds. The molecule has 0 unspecified atom stereocenters. The molecule has 1 aromatic heterocycles. The molecule has 3 aromatic rings. The number of likely N-dealkylation sites (N-methyl/N-ethyl adjacent to an activating group) is 1.